The maximum Gasteiger partial charge on any atom is 0.435 e. The average Bonchev–Trinajstić information content (AvgIpc) is 2.69. The molecule has 1 atom stereocenters. The zero-order valence-corrected chi connectivity index (χ0v) is 16.9. The number of alkyl halides is 3. The number of rotatable bonds is 5. The number of hydrogen-bond donors (Lipinski definition) is 2. The van der Waals surface area contributed by atoms with Crippen LogP contribution in [0.4, 0.5) is 27.6 Å². The minimum Gasteiger partial charge on any atom is -0.434 e. The van der Waals surface area contributed by atoms with Crippen molar-refractivity contribution in [1.29, 1.82) is 4.78 Å². The van der Waals surface area contributed by atoms with E-state index in [0.29, 0.717) is 12.1 Å². The molecule has 0 saturated carbocycles. The largest absolute Gasteiger partial charge is 0.435 e. The fraction of sp³-hybridized carbons (Fsp3) is 0.105. The first-order valence-electron chi connectivity index (χ1n) is 8.57. The number of carbonyl (C=O) groups is 1. The Bertz CT molecular complexity index is 1300. The third-order valence-electron chi connectivity index (χ3n) is 3.94. The number of amides is 1. The van der Waals surface area contributed by atoms with E-state index < -0.39 is 56.3 Å². The highest BCUT2D eigenvalue weighted by Gasteiger charge is 2.35. The van der Waals surface area contributed by atoms with Crippen LogP contribution in [0, 0.1) is 16.4 Å². The number of nitrogens with one attached hydrogen (secondary N) is 2. The summed E-state index contributed by atoms with van der Waals surface area (Å²) in [5.41, 5.74) is -2.28. The molecule has 3 rings (SSSR count). The van der Waals surface area contributed by atoms with Crippen molar-refractivity contribution >= 4 is 21.3 Å². The van der Waals surface area contributed by atoms with E-state index in [2.05, 4.69) is 15.5 Å². The number of anilines is 1. The summed E-state index contributed by atoms with van der Waals surface area (Å²) in [6.07, 6.45) is -3.81. The van der Waals surface area contributed by atoms with Crippen LogP contribution in [0.1, 0.15) is 16.1 Å². The predicted molar refractivity (Wildman–Crippen MR) is 103 cm³/mol. The van der Waals surface area contributed by atoms with Gasteiger partial charge in [0, 0.05) is 22.9 Å². The molecule has 1 aromatic heterocycles. The molecule has 0 radical (unpaired) electrons. The van der Waals surface area contributed by atoms with Crippen molar-refractivity contribution < 1.29 is 35.7 Å². The molecular weight excluding hydrogens is 459 g/mol. The normalized spacial score (nSPS) is 13.3. The zero-order valence-electron chi connectivity index (χ0n) is 16.0. The highest BCUT2D eigenvalue weighted by atomic mass is 32.2. The molecule has 0 bridgehead atoms. The maximum atomic E-state index is 13.9. The van der Waals surface area contributed by atoms with E-state index in [1.165, 1.54) is 24.3 Å². The molecule has 1 amide bonds. The second-order valence-corrected chi connectivity index (χ2v) is 8.61. The monoisotopic (exact) mass is 472 g/mol. The van der Waals surface area contributed by atoms with Gasteiger partial charge in [0.05, 0.1) is 9.73 Å². The lowest BCUT2D eigenvalue weighted by Gasteiger charge is -2.13. The van der Waals surface area contributed by atoms with Crippen LogP contribution in [0.25, 0.3) is 0 Å². The Morgan fingerprint density at radius 1 is 1.09 bits per heavy atom. The van der Waals surface area contributed by atoms with E-state index in [9.17, 15) is 31.0 Å². The van der Waals surface area contributed by atoms with Gasteiger partial charge in [-0.25, -0.2) is 17.8 Å². The first-order valence-corrected chi connectivity index (χ1v) is 10.5. The lowest BCUT2D eigenvalue weighted by atomic mass is 10.2. The lowest BCUT2D eigenvalue weighted by Crippen LogP contribution is -2.18. The van der Waals surface area contributed by atoms with Crippen LogP contribution >= 0.6 is 0 Å². The van der Waals surface area contributed by atoms with Crippen molar-refractivity contribution in [1.82, 2.24) is 10.2 Å². The van der Waals surface area contributed by atoms with Crippen LogP contribution in [0.2, 0.25) is 0 Å². The number of hydrogen-bond acceptors (Lipinski definition) is 6. The van der Waals surface area contributed by atoms with Crippen molar-refractivity contribution in [3.63, 3.8) is 0 Å². The summed E-state index contributed by atoms with van der Waals surface area (Å²) in [6.45, 7) is 0. The van der Waals surface area contributed by atoms with Crippen LogP contribution in [-0.4, -0.2) is 26.6 Å². The molecule has 3 aromatic rings. The van der Waals surface area contributed by atoms with Crippen LogP contribution in [-0.2, 0) is 15.9 Å². The summed E-state index contributed by atoms with van der Waals surface area (Å²) < 4.78 is 91.1. The topological polar surface area (TPSA) is 105 Å². The Morgan fingerprint density at radius 3 is 2.47 bits per heavy atom. The van der Waals surface area contributed by atoms with Crippen molar-refractivity contribution in [2.45, 2.75) is 11.1 Å². The van der Waals surface area contributed by atoms with Crippen LogP contribution in [0.15, 0.2) is 53.4 Å². The number of nitrogens with zero attached hydrogens (tertiary/aromatic N) is 2. The van der Waals surface area contributed by atoms with Gasteiger partial charge in [-0.1, -0.05) is 6.07 Å². The summed E-state index contributed by atoms with van der Waals surface area (Å²) in [5.74, 6) is -4.64. The molecule has 13 heteroatoms. The lowest BCUT2D eigenvalue weighted by molar-refractivity contribution is -0.141. The SMILES string of the molecule is CS(=N)(=O)c1cccc(NC(=O)c2cc(C(F)(F)F)nnc2Oc2cc(F)ccc2F)c1. The molecule has 0 saturated heterocycles. The van der Waals surface area contributed by atoms with Gasteiger partial charge >= 0.3 is 6.18 Å². The third-order valence-corrected chi connectivity index (χ3v) is 5.09. The minimum atomic E-state index is -4.95. The van der Waals surface area contributed by atoms with Gasteiger partial charge in [0.1, 0.15) is 11.4 Å². The highest BCUT2D eigenvalue weighted by Crippen LogP contribution is 2.32. The molecule has 1 heterocycles. The van der Waals surface area contributed by atoms with E-state index in [1.54, 1.807) is 0 Å². The predicted octanol–water partition coefficient (Wildman–Crippen LogP) is 4.85. The van der Waals surface area contributed by atoms with E-state index in [0.717, 1.165) is 18.4 Å². The molecule has 32 heavy (non-hydrogen) atoms. The molecule has 0 fully saturated rings. The number of carbonyl (C=O) groups excluding carboxylic acids is 1. The quantitative estimate of drug-likeness (QED) is 0.517. The van der Waals surface area contributed by atoms with Gasteiger partial charge in [0.15, 0.2) is 17.3 Å². The van der Waals surface area contributed by atoms with E-state index >= 15 is 0 Å². The fourth-order valence-corrected chi connectivity index (χ4v) is 3.12. The second-order valence-electron chi connectivity index (χ2n) is 6.45. The minimum absolute atomic E-state index is 0.0163. The Morgan fingerprint density at radius 2 is 1.81 bits per heavy atom. The molecule has 0 aliphatic heterocycles. The van der Waals surface area contributed by atoms with Crippen molar-refractivity contribution in [2.24, 2.45) is 0 Å². The van der Waals surface area contributed by atoms with Crippen molar-refractivity contribution in [3.8, 4) is 11.6 Å². The maximum absolute atomic E-state index is 13.9. The molecule has 1 unspecified atom stereocenters. The van der Waals surface area contributed by atoms with Gasteiger partial charge in [-0.2, -0.15) is 13.2 Å². The van der Waals surface area contributed by atoms with E-state index in [-0.39, 0.29) is 10.6 Å². The Kier molecular flexibility index (Phi) is 6.12. The second kappa shape index (κ2) is 8.49. The summed E-state index contributed by atoms with van der Waals surface area (Å²) in [7, 11) is -3.13. The van der Waals surface area contributed by atoms with E-state index in [1.807, 2.05) is 0 Å². The van der Waals surface area contributed by atoms with Gasteiger partial charge < -0.3 is 10.1 Å². The summed E-state index contributed by atoms with van der Waals surface area (Å²) in [4.78, 5) is 12.8. The molecule has 0 aliphatic rings. The van der Waals surface area contributed by atoms with Crippen LogP contribution < -0.4 is 10.1 Å². The van der Waals surface area contributed by atoms with Crippen LogP contribution in [0.3, 0.4) is 0 Å². The first-order chi connectivity index (χ1) is 14.8. The molecule has 0 spiro atoms. The smallest absolute Gasteiger partial charge is 0.434 e. The number of halogens is 5. The summed E-state index contributed by atoms with van der Waals surface area (Å²) >= 11 is 0. The fourth-order valence-electron chi connectivity index (χ4n) is 2.43. The Balaban J connectivity index is 2.02. The Labute approximate surface area is 178 Å². The molecule has 168 valence electrons. The molecule has 2 N–H and O–H groups in total. The van der Waals surface area contributed by atoms with Gasteiger partial charge in [-0.3, -0.25) is 4.79 Å². The van der Waals surface area contributed by atoms with Crippen molar-refractivity contribution in [3.05, 3.63) is 71.4 Å². The third kappa shape index (κ3) is 5.35. The molecular formula is C19H13F5N4O3S. The van der Waals surface area contributed by atoms with Gasteiger partial charge in [-0.15, -0.1) is 10.2 Å². The zero-order chi connectivity index (χ0) is 23.7. The highest BCUT2D eigenvalue weighted by molar-refractivity contribution is 7.91. The summed E-state index contributed by atoms with van der Waals surface area (Å²) in [5, 5.41) is 8.42. The standard InChI is InChI=1S/C19H13F5N4O3S/c1-32(25,30)12-4-2-3-11(8-12)26-17(29)13-9-16(19(22,23)24)27-28-18(13)31-15-7-10(20)5-6-14(15)21/h2-9,25H,1H3,(H,26,29). The molecule has 0 aliphatic carbocycles. The first kappa shape index (κ1) is 23.1. The van der Waals surface area contributed by atoms with Crippen LogP contribution in [0.5, 0.6) is 11.6 Å². The molecule has 7 nitrogen and oxygen atoms in total. The average molecular weight is 472 g/mol. The Hall–Kier alpha value is -3.61. The number of ether oxygens (including phenoxy) is 1. The summed E-state index contributed by atoms with van der Waals surface area (Å²) in [6, 6.07) is 7.78. The van der Waals surface area contributed by atoms with Crippen molar-refractivity contribution in [2.75, 3.05) is 11.6 Å². The molecule has 2 aromatic carbocycles. The number of benzene rings is 2. The number of aromatic nitrogens is 2. The van der Waals surface area contributed by atoms with Gasteiger partial charge in [-0.05, 0) is 36.4 Å². The van der Waals surface area contributed by atoms with E-state index in [4.69, 9.17) is 9.52 Å². The van der Waals surface area contributed by atoms with Gasteiger partial charge in [0.25, 0.3) is 11.8 Å². The van der Waals surface area contributed by atoms with Gasteiger partial charge in [0.2, 0.25) is 0 Å².